The highest BCUT2D eigenvalue weighted by molar-refractivity contribution is 8.01. The summed E-state index contributed by atoms with van der Waals surface area (Å²) >= 11 is 2.97. The zero-order valence-corrected chi connectivity index (χ0v) is 11.4. The summed E-state index contributed by atoms with van der Waals surface area (Å²) in [5, 5.41) is 0.565. The van der Waals surface area contributed by atoms with Crippen molar-refractivity contribution in [1.82, 2.24) is 9.88 Å². The van der Waals surface area contributed by atoms with E-state index in [4.69, 9.17) is 5.73 Å². The van der Waals surface area contributed by atoms with Crippen LogP contribution in [0.15, 0.2) is 10.4 Å². The summed E-state index contributed by atoms with van der Waals surface area (Å²) in [6.07, 6.45) is 6.53. The molecule has 2 heterocycles. The molecule has 6 heteroatoms. The van der Waals surface area contributed by atoms with E-state index in [-0.39, 0.29) is 5.91 Å². The highest BCUT2D eigenvalue weighted by Crippen LogP contribution is 2.26. The van der Waals surface area contributed by atoms with Crippen molar-refractivity contribution < 1.29 is 4.79 Å². The highest BCUT2D eigenvalue weighted by atomic mass is 32.2. The van der Waals surface area contributed by atoms with Gasteiger partial charge in [0.2, 0.25) is 5.91 Å². The third kappa shape index (κ3) is 3.89. The Bertz CT molecular complexity index is 373. The Morgan fingerprint density at radius 1 is 1.41 bits per heavy atom. The van der Waals surface area contributed by atoms with Crippen LogP contribution in [0.3, 0.4) is 0 Å². The number of aromatic nitrogens is 1. The lowest BCUT2D eigenvalue weighted by Gasteiger charge is -2.19. The quantitative estimate of drug-likeness (QED) is 0.856. The Kier molecular flexibility index (Phi) is 4.67. The number of amides is 1. The Morgan fingerprint density at radius 3 is 2.71 bits per heavy atom. The van der Waals surface area contributed by atoms with Gasteiger partial charge in [0.25, 0.3) is 0 Å². The van der Waals surface area contributed by atoms with Crippen molar-refractivity contribution in [2.75, 3.05) is 24.6 Å². The lowest BCUT2D eigenvalue weighted by atomic mass is 10.2. The number of nitrogens with zero attached hydrogens (tertiary/aromatic N) is 2. The van der Waals surface area contributed by atoms with Crippen LogP contribution in [0, 0.1) is 0 Å². The summed E-state index contributed by atoms with van der Waals surface area (Å²) in [5.41, 5.74) is 5.55. The number of hydrogen-bond donors (Lipinski definition) is 1. The van der Waals surface area contributed by atoms with Gasteiger partial charge in [-0.05, 0) is 12.8 Å². The van der Waals surface area contributed by atoms with Crippen molar-refractivity contribution in [3.8, 4) is 0 Å². The molecule has 1 aromatic rings. The number of thioether (sulfide) groups is 1. The number of carbonyl (C=O) groups excluding carboxylic acids is 1. The van der Waals surface area contributed by atoms with E-state index >= 15 is 0 Å². The molecule has 94 valence electrons. The fourth-order valence-electron chi connectivity index (χ4n) is 1.88. The Morgan fingerprint density at radius 2 is 2.12 bits per heavy atom. The summed E-state index contributed by atoms with van der Waals surface area (Å²) < 4.78 is 1.02. The topological polar surface area (TPSA) is 59.2 Å². The van der Waals surface area contributed by atoms with Crippen molar-refractivity contribution >= 4 is 34.1 Å². The molecule has 1 aliphatic heterocycles. The predicted octanol–water partition coefficient (Wildman–Crippen LogP) is 2.22. The largest absolute Gasteiger partial charge is 0.375 e. The number of carbonyl (C=O) groups is 1. The van der Waals surface area contributed by atoms with Crippen LogP contribution in [-0.2, 0) is 4.79 Å². The molecule has 0 unspecified atom stereocenters. The second kappa shape index (κ2) is 6.26. The smallest absolute Gasteiger partial charge is 0.232 e. The molecule has 0 spiro atoms. The zero-order valence-electron chi connectivity index (χ0n) is 9.72. The van der Waals surface area contributed by atoms with Crippen molar-refractivity contribution in [2.45, 2.75) is 29.9 Å². The van der Waals surface area contributed by atoms with Crippen LogP contribution in [0.4, 0.5) is 5.13 Å². The molecule has 0 atom stereocenters. The van der Waals surface area contributed by atoms with Gasteiger partial charge in [0.1, 0.15) is 0 Å². The molecule has 4 nitrogen and oxygen atoms in total. The van der Waals surface area contributed by atoms with E-state index in [0.29, 0.717) is 10.9 Å². The van der Waals surface area contributed by atoms with Gasteiger partial charge >= 0.3 is 0 Å². The van der Waals surface area contributed by atoms with E-state index in [0.717, 1.165) is 30.1 Å². The molecule has 0 aliphatic carbocycles. The maximum atomic E-state index is 12.0. The van der Waals surface area contributed by atoms with Crippen molar-refractivity contribution in [3.05, 3.63) is 6.20 Å². The summed E-state index contributed by atoms with van der Waals surface area (Å²) in [7, 11) is 0. The monoisotopic (exact) mass is 271 g/mol. The highest BCUT2D eigenvalue weighted by Gasteiger charge is 2.15. The molecule has 1 amide bonds. The second-order valence-corrected chi connectivity index (χ2v) is 6.44. The summed E-state index contributed by atoms with van der Waals surface area (Å²) in [4.78, 5) is 18.0. The minimum absolute atomic E-state index is 0.240. The number of likely N-dealkylation sites (tertiary alicyclic amines) is 1. The molecule has 1 fully saturated rings. The zero-order chi connectivity index (χ0) is 12.1. The Balaban J connectivity index is 1.79. The molecule has 0 saturated carbocycles. The number of nitrogens with two attached hydrogens (primary N) is 1. The molecular weight excluding hydrogens is 254 g/mol. The normalized spacial score (nSPS) is 16.8. The number of thiazole rings is 1. The van der Waals surface area contributed by atoms with Gasteiger partial charge in [-0.3, -0.25) is 4.79 Å². The summed E-state index contributed by atoms with van der Waals surface area (Å²) in [6.45, 7) is 1.84. The Labute approximate surface area is 110 Å². The lowest BCUT2D eigenvalue weighted by Crippen LogP contribution is -2.33. The minimum Gasteiger partial charge on any atom is -0.375 e. The van der Waals surface area contributed by atoms with E-state index in [1.54, 1.807) is 6.20 Å². The van der Waals surface area contributed by atoms with E-state index in [2.05, 4.69) is 4.98 Å². The van der Waals surface area contributed by atoms with Crippen LogP contribution in [0.25, 0.3) is 0 Å². The molecule has 0 aromatic carbocycles. The number of nitrogen functional groups attached to an aromatic ring is 1. The summed E-state index contributed by atoms with van der Waals surface area (Å²) in [6, 6.07) is 0. The fraction of sp³-hybridized carbons (Fsp3) is 0.636. The lowest BCUT2D eigenvalue weighted by molar-refractivity contribution is -0.128. The van der Waals surface area contributed by atoms with Gasteiger partial charge < -0.3 is 10.6 Å². The molecule has 2 rings (SSSR count). The van der Waals surface area contributed by atoms with Crippen LogP contribution in [0.1, 0.15) is 25.7 Å². The van der Waals surface area contributed by atoms with E-state index < -0.39 is 0 Å². The predicted molar refractivity (Wildman–Crippen MR) is 72.3 cm³/mol. The molecular formula is C11H17N3OS2. The van der Waals surface area contributed by atoms with Gasteiger partial charge in [-0.25, -0.2) is 4.98 Å². The maximum Gasteiger partial charge on any atom is 0.232 e. The number of rotatable bonds is 3. The first-order valence-electron chi connectivity index (χ1n) is 5.87. The number of hydrogen-bond acceptors (Lipinski definition) is 5. The molecule has 17 heavy (non-hydrogen) atoms. The Hall–Kier alpha value is -0.750. The maximum absolute atomic E-state index is 12.0. The van der Waals surface area contributed by atoms with E-state index in [9.17, 15) is 4.79 Å². The third-order valence-corrected chi connectivity index (χ3v) is 4.80. The molecule has 0 bridgehead atoms. The average Bonchev–Trinajstić information content (AvgIpc) is 2.58. The van der Waals surface area contributed by atoms with Crippen LogP contribution >= 0.6 is 23.1 Å². The van der Waals surface area contributed by atoms with Crippen LogP contribution < -0.4 is 5.73 Å². The van der Waals surface area contributed by atoms with Crippen LogP contribution in [0.2, 0.25) is 0 Å². The first-order valence-corrected chi connectivity index (χ1v) is 7.68. The third-order valence-electron chi connectivity index (χ3n) is 2.80. The molecule has 2 N–H and O–H groups in total. The van der Waals surface area contributed by atoms with Crippen LogP contribution in [0.5, 0.6) is 0 Å². The average molecular weight is 271 g/mol. The van der Waals surface area contributed by atoms with Gasteiger partial charge in [0.05, 0.1) is 16.2 Å². The molecule has 1 saturated heterocycles. The first kappa shape index (κ1) is 12.7. The van der Waals surface area contributed by atoms with Gasteiger partial charge in [-0.15, -0.1) is 11.8 Å². The van der Waals surface area contributed by atoms with Crippen molar-refractivity contribution in [2.24, 2.45) is 0 Å². The molecule has 0 radical (unpaired) electrons. The van der Waals surface area contributed by atoms with Crippen molar-refractivity contribution in [1.29, 1.82) is 0 Å². The second-order valence-electron chi connectivity index (χ2n) is 4.10. The standard InChI is InChI=1S/C11H17N3OS2/c12-11-13-7-10(17-11)16-8-9(15)14-5-3-1-2-4-6-14/h7H,1-6,8H2,(H2,12,13). The van der Waals surface area contributed by atoms with E-state index in [1.807, 2.05) is 4.90 Å². The van der Waals surface area contributed by atoms with Gasteiger partial charge in [0, 0.05) is 13.1 Å². The van der Waals surface area contributed by atoms with E-state index in [1.165, 1.54) is 35.9 Å². The molecule has 1 aromatic heterocycles. The first-order chi connectivity index (χ1) is 8.25. The minimum atomic E-state index is 0.240. The van der Waals surface area contributed by atoms with Crippen molar-refractivity contribution in [3.63, 3.8) is 0 Å². The SMILES string of the molecule is Nc1ncc(SCC(=O)N2CCCCCC2)s1. The summed E-state index contributed by atoms with van der Waals surface area (Å²) in [5.74, 6) is 0.741. The van der Waals surface area contributed by atoms with Gasteiger partial charge in [-0.2, -0.15) is 0 Å². The molecule has 1 aliphatic rings. The van der Waals surface area contributed by atoms with Crippen LogP contribution in [-0.4, -0.2) is 34.6 Å². The fourth-order valence-corrected chi connectivity index (χ4v) is 3.54. The van der Waals surface area contributed by atoms with Gasteiger partial charge in [-0.1, -0.05) is 24.2 Å². The number of anilines is 1. The van der Waals surface area contributed by atoms with Gasteiger partial charge in [0.15, 0.2) is 5.13 Å².